The normalized spacial score (nSPS) is 26.5. The molecule has 1 aliphatic rings. The molecule has 0 aromatic rings. The summed E-state index contributed by atoms with van der Waals surface area (Å²) < 4.78 is 9.43. The lowest BCUT2D eigenvalue weighted by molar-refractivity contribution is -0.146. The first-order valence-electron chi connectivity index (χ1n) is 4.03. The zero-order chi connectivity index (χ0) is 9.84. The third-order valence-electron chi connectivity index (χ3n) is 1.68. The summed E-state index contributed by atoms with van der Waals surface area (Å²) in [6, 6.07) is -0.766. The number of nitrogens with one attached hydrogen (secondary N) is 1. The first kappa shape index (κ1) is 9.79. The fourth-order valence-corrected chi connectivity index (χ4v) is 1.09. The molecule has 1 amide bonds. The molecule has 0 spiro atoms. The second-order valence-electron chi connectivity index (χ2n) is 2.55. The van der Waals surface area contributed by atoms with Crippen molar-refractivity contribution in [2.24, 2.45) is 5.73 Å². The molecule has 74 valence electrons. The van der Waals surface area contributed by atoms with E-state index in [9.17, 15) is 9.59 Å². The van der Waals surface area contributed by atoms with Crippen LogP contribution >= 0.6 is 0 Å². The Morgan fingerprint density at radius 3 is 3.00 bits per heavy atom. The highest BCUT2D eigenvalue weighted by Gasteiger charge is 2.39. The Bertz CT molecular complexity index is 219. The Balaban J connectivity index is 2.57. The average Bonchev–Trinajstić information content (AvgIpc) is 2.47. The van der Waals surface area contributed by atoms with Crippen LogP contribution < -0.4 is 11.1 Å². The fourth-order valence-electron chi connectivity index (χ4n) is 1.09. The van der Waals surface area contributed by atoms with E-state index in [0.29, 0.717) is 0 Å². The van der Waals surface area contributed by atoms with E-state index in [2.05, 4.69) is 5.32 Å². The van der Waals surface area contributed by atoms with Crippen molar-refractivity contribution in [2.75, 3.05) is 13.2 Å². The summed E-state index contributed by atoms with van der Waals surface area (Å²) in [5.74, 6) is -0.510. The van der Waals surface area contributed by atoms with Gasteiger partial charge in [0.15, 0.2) is 6.04 Å². The van der Waals surface area contributed by atoms with Gasteiger partial charge in [-0.25, -0.2) is 9.59 Å². The lowest BCUT2D eigenvalue weighted by Gasteiger charge is -2.12. The summed E-state index contributed by atoms with van der Waals surface area (Å²) in [5.41, 5.74) is 5.30. The Morgan fingerprint density at radius 1 is 1.77 bits per heavy atom. The van der Waals surface area contributed by atoms with Crippen molar-refractivity contribution < 1.29 is 19.1 Å². The van der Waals surface area contributed by atoms with Crippen molar-refractivity contribution in [1.29, 1.82) is 0 Å². The summed E-state index contributed by atoms with van der Waals surface area (Å²) >= 11 is 0. The van der Waals surface area contributed by atoms with Crippen molar-refractivity contribution in [2.45, 2.75) is 19.1 Å². The summed E-state index contributed by atoms with van der Waals surface area (Å²) in [5, 5.41) is 2.32. The predicted molar refractivity (Wildman–Crippen MR) is 42.9 cm³/mol. The number of rotatable bonds is 3. The van der Waals surface area contributed by atoms with Crippen LogP contribution in [0.2, 0.25) is 0 Å². The number of alkyl carbamates (subject to hydrolysis) is 1. The summed E-state index contributed by atoms with van der Waals surface area (Å²) in [7, 11) is 0. The molecule has 0 aliphatic carbocycles. The predicted octanol–water partition coefficient (Wildman–Crippen LogP) is -1.01. The Hall–Kier alpha value is -1.30. The minimum Gasteiger partial charge on any atom is -0.464 e. The van der Waals surface area contributed by atoms with E-state index in [0.717, 1.165) is 0 Å². The maximum absolute atomic E-state index is 11.2. The fraction of sp³-hybridized carbons (Fsp3) is 0.714. The van der Waals surface area contributed by atoms with Crippen LogP contribution in [0.4, 0.5) is 4.79 Å². The van der Waals surface area contributed by atoms with Crippen LogP contribution in [0.5, 0.6) is 0 Å². The van der Waals surface area contributed by atoms with Gasteiger partial charge in [-0.15, -0.1) is 0 Å². The van der Waals surface area contributed by atoms with Crippen LogP contribution in [0.15, 0.2) is 0 Å². The Kier molecular flexibility index (Phi) is 3.07. The van der Waals surface area contributed by atoms with Gasteiger partial charge in [0.1, 0.15) is 6.10 Å². The first-order chi connectivity index (χ1) is 6.19. The highest BCUT2D eigenvalue weighted by Crippen LogP contribution is 2.08. The maximum atomic E-state index is 11.2. The van der Waals surface area contributed by atoms with Gasteiger partial charge in [0, 0.05) is 6.54 Å². The van der Waals surface area contributed by atoms with Crippen LogP contribution in [0.3, 0.4) is 0 Å². The maximum Gasteiger partial charge on any atom is 0.408 e. The van der Waals surface area contributed by atoms with Crippen molar-refractivity contribution in [3.8, 4) is 0 Å². The van der Waals surface area contributed by atoms with Crippen LogP contribution in [-0.2, 0) is 14.3 Å². The molecule has 2 unspecified atom stereocenters. The van der Waals surface area contributed by atoms with Gasteiger partial charge in [0.25, 0.3) is 0 Å². The quantitative estimate of drug-likeness (QED) is 0.553. The molecular weight excluding hydrogens is 176 g/mol. The van der Waals surface area contributed by atoms with E-state index in [-0.39, 0.29) is 13.2 Å². The lowest BCUT2D eigenvalue weighted by Crippen LogP contribution is -2.43. The van der Waals surface area contributed by atoms with Crippen molar-refractivity contribution in [3.63, 3.8) is 0 Å². The van der Waals surface area contributed by atoms with E-state index in [1.54, 1.807) is 6.92 Å². The molecule has 1 heterocycles. The Morgan fingerprint density at radius 2 is 2.46 bits per heavy atom. The first-order valence-corrected chi connectivity index (χ1v) is 4.03. The summed E-state index contributed by atoms with van der Waals surface area (Å²) in [6.07, 6.45) is -1.25. The smallest absolute Gasteiger partial charge is 0.408 e. The third kappa shape index (κ3) is 2.09. The van der Waals surface area contributed by atoms with Gasteiger partial charge in [-0.2, -0.15) is 0 Å². The van der Waals surface area contributed by atoms with Crippen LogP contribution in [0.1, 0.15) is 6.92 Å². The molecule has 0 saturated carbocycles. The molecule has 3 N–H and O–H groups in total. The number of ether oxygens (including phenoxy) is 2. The van der Waals surface area contributed by atoms with Crippen LogP contribution in [0, 0.1) is 0 Å². The van der Waals surface area contributed by atoms with Gasteiger partial charge in [-0.05, 0) is 6.92 Å². The molecule has 2 atom stereocenters. The largest absolute Gasteiger partial charge is 0.464 e. The molecule has 13 heavy (non-hydrogen) atoms. The molecule has 1 fully saturated rings. The number of carbonyl (C=O) groups is 2. The number of esters is 1. The minimum absolute atomic E-state index is 0.0994. The summed E-state index contributed by atoms with van der Waals surface area (Å²) in [4.78, 5) is 21.9. The van der Waals surface area contributed by atoms with Gasteiger partial charge in [-0.1, -0.05) is 0 Å². The molecule has 6 nitrogen and oxygen atoms in total. The van der Waals surface area contributed by atoms with Crippen molar-refractivity contribution in [3.05, 3.63) is 0 Å². The third-order valence-corrected chi connectivity index (χ3v) is 1.68. The second-order valence-corrected chi connectivity index (χ2v) is 2.55. The number of nitrogens with two attached hydrogens (primary N) is 1. The zero-order valence-corrected chi connectivity index (χ0v) is 7.28. The number of hydrogen-bond acceptors (Lipinski definition) is 5. The second kappa shape index (κ2) is 4.08. The van der Waals surface area contributed by atoms with E-state index >= 15 is 0 Å². The average molecular weight is 188 g/mol. The molecule has 0 aromatic carbocycles. The van der Waals surface area contributed by atoms with Crippen molar-refractivity contribution in [1.82, 2.24) is 5.32 Å². The van der Waals surface area contributed by atoms with E-state index in [1.807, 2.05) is 0 Å². The minimum atomic E-state index is -0.766. The number of hydrogen-bond donors (Lipinski definition) is 2. The van der Waals surface area contributed by atoms with Gasteiger partial charge in [-0.3, -0.25) is 0 Å². The monoisotopic (exact) mass is 188 g/mol. The highest BCUT2D eigenvalue weighted by molar-refractivity contribution is 5.84. The standard InChI is InChI=1S/C7H12N2O4/c1-2-12-6(10)5-4(3-8)13-7(11)9-5/h4-5H,2-3,8H2,1H3,(H,9,11). The van der Waals surface area contributed by atoms with E-state index < -0.39 is 24.2 Å². The van der Waals surface area contributed by atoms with Crippen LogP contribution in [0.25, 0.3) is 0 Å². The number of cyclic esters (lactones) is 1. The molecular formula is C7H12N2O4. The molecule has 1 aliphatic heterocycles. The Labute approximate surface area is 75.4 Å². The van der Waals surface area contributed by atoms with E-state index in [4.69, 9.17) is 15.2 Å². The van der Waals surface area contributed by atoms with E-state index in [1.165, 1.54) is 0 Å². The number of amides is 1. The van der Waals surface area contributed by atoms with Gasteiger partial charge >= 0.3 is 12.1 Å². The van der Waals surface area contributed by atoms with Gasteiger partial charge < -0.3 is 20.5 Å². The van der Waals surface area contributed by atoms with Gasteiger partial charge in [0.2, 0.25) is 0 Å². The molecule has 6 heteroatoms. The highest BCUT2D eigenvalue weighted by atomic mass is 16.6. The molecule has 0 radical (unpaired) electrons. The van der Waals surface area contributed by atoms with Crippen molar-refractivity contribution >= 4 is 12.1 Å². The summed E-state index contributed by atoms with van der Waals surface area (Å²) in [6.45, 7) is 2.05. The molecule has 1 rings (SSSR count). The molecule has 1 saturated heterocycles. The topological polar surface area (TPSA) is 90.6 Å². The van der Waals surface area contributed by atoms with Crippen LogP contribution in [-0.4, -0.2) is 37.4 Å². The zero-order valence-electron chi connectivity index (χ0n) is 7.28. The number of carbonyl (C=O) groups excluding carboxylic acids is 2. The lowest BCUT2D eigenvalue weighted by atomic mass is 10.2. The SMILES string of the molecule is CCOC(=O)C1NC(=O)OC1CN. The molecule has 0 aromatic heterocycles. The van der Waals surface area contributed by atoms with Gasteiger partial charge in [0.05, 0.1) is 6.61 Å². The molecule has 0 bridgehead atoms.